The standard InChI is InChI=1S/C14H20N2O2/c1-10-5-6-11(9-15)8-13(10)18-12-4-2-3-7-16-14(12)17/h5-6,8,12H,2-4,7,9,15H2,1H3,(H,16,17). The van der Waals surface area contributed by atoms with Crippen molar-refractivity contribution in [3.8, 4) is 5.75 Å². The highest BCUT2D eigenvalue weighted by molar-refractivity contribution is 5.81. The Hall–Kier alpha value is -1.55. The summed E-state index contributed by atoms with van der Waals surface area (Å²) in [7, 11) is 0. The van der Waals surface area contributed by atoms with Gasteiger partial charge in [0.25, 0.3) is 5.91 Å². The van der Waals surface area contributed by atoms with Crippen LogP contribution in [0.25, 0.3) is 0 Å². The van der Waals surface area contributed by atoms with E-state index in [9.17, 15) is 4.79 Å². The molecule has 1 aromatic rings. The zero-order valence-corrected chi connectivity index (χ0v) is 10.7. The van der Waals surface area contributed by atoms with Gasteiger partial charge in [0.2, 0.25) is 0 Å². The van der Waals surface area contributed by atoms with Gasteiger partial charge >= 0.3 is 0 Å². The van der Waals surface area contributed by atoms with Crippen molar-refractivity contribution in [3.05, 3.63) is 29.3 Å². The second-order valence-corrected chi connectivity index (χ2v) is 4.70. The van der Waals surface area contributed by atoms with Gasteiger partial charge in [-0.2, -0.15) is 0 Å². The van der Waals surface area contributed by atoms with Crippen molar-refractivity contribution in [2.75, 3.05) is 6.54 Å². The molecule has 0 radical (unpaired) electrons. The van der Waals surface area contributed by atoms with Crippen LogP contribution in [0, 0.1) is 6.92 Å². The van der Waals surface area contributed by atoms with Gasteiger partial charge in [-0.05, 0) is 43.4 Å². The fraction of sp³-hybridized carbons (Fsp3) is 0.500. The minimum absolute atomic E-state index is 0.00921. The molecule has 1 aliphatic heterocycles. The molecule has 1 unspecified atom stereocenters. The molecule has 0 aromatic heterocycles. The van der Waals surface area contributed by atoms with E-state index in [-0.39, 0.29) is 12.0 Å². The molecular formula is C14H20N2O2. The van der Waals surface area contributed by atoms with Gasteiger partial charge in [0.1, 0.15) is 5.75 Å². The molecule has 4 nitrogen and oxygen atoms in total. The number of rotatable bonds is 3. The van der Waals surface area contributed by atoms with Crippen molar-refractivity contribution in [1.82, 2.24) is 5.32 Å². The Morgan fingerprint density at radius 2 is 2.28 bits per heavy atom. The highest BCUT2D eigenvalue weighted by Gasteiger charge is 2.22. The van der Waals surface area contributed by atoms with E-state index in [1.165, 1.54) is 0 Å². The smallest absolute Gasteiger partial charge is 0.261 e. The summed E-state index contributed by atoms with van der Waals surface area (Å²) in [6, 6.07) is 5.88. The number of hydrogen-bond acceptors (Lipinski definition) is 3. The summed E-state index contributed by atoms with van der Waals surface area (Å²) in [5.74, 6) is 0.755. The van der Waals surface area contributed by atoms with Crippen molar-refractivity contribution in [1.29, 1.82) is 0 Å². The maximum absolute atomic E-state index is 11.8. The second kappa shape index (κ2) is 5.87. The van der Waals surface area contributed by atoms with E-state index in [1.807, 2.05) is 25.1 Å². The van der Waals surface area contributed by atoms with Crippen molar-refractivity contribution < 1.29 is 9.53 Å². The van der Waals surface area contributed by atoms with E-state index in [0.29, 0.717) is 6.54 Å². The minimum Gasteiger partial charge on any atom is -0.480 e. The first-order chi connectivity index (χ1) is 8.70. The number of amides is 1. The average Bonchev–Trinajstić information content (AvgIpc) is 2.58. The number of carbonyl (C=O) groups is 1. The summed E-state index contributed by atoms with van der Waals surface area (Å²) in [6.45, 7) is 3.21. The SMILES string of the molecule is Cc1ccc(CN)cc1OC1CCCCNC1=O. The van der Waals surface area contributed by atoms with E-state index in [0.717, 1.165) is 42.7 Å². The molecule has 98 valence electrons. The predicted molar refractivity (Wildman–Crippen MR) is 70.3 cm³/mol. The topological polar surface area (TPSA) is 64.3 Å². The Kier molecular flexibility index (Phi) is 4.20. The molecule has 1 amide bonds. The lowest BCUT2D eigenvalue weighted by atomic mass is 10.1. The summed E-state index contributed by atoms with van der Waals surface area (Å²) in [4.78, 5) is 11.8. The molecule has 0 saturated carbocycles. The van der Waals surface area contributed by atoms with Gasteiger partial charge in [-0.3, -0.25) is 4.79 Å². The fourth-order valence-electron chi connectivity index (χ4n) is 2.08. The largest absolute Gasteiger partial charge is 0.480 e. The number of nitrogens with two attached hydrogens (primary N) is 1. The van der Waals surface area contributed by atoms with E-state index in [4.69, 9.17) is 10.5 Å². The number of nitrogens with one attached hydrogen (secondary N) is 1. The lowest BCUT2D eigenvalue weighted by Crippen LogP contribution is -2.36. The summed E-state index contributed by atoms with van der Waals surface area (Å²) < 4.78 is 5.85. The van der Waals surface area contributed by atoms with Crippen LogP contribution >= 0.6 is 0 Å². The van der Waals surface area contributed by atoms with E-state index < -0.39 is 0 Å². The number of aryl methyl sites for hydroxylation is 1. The van der Waals surface area contributed by atoms with Crippen LogP contribution in [0.5, 0.6) is 5.75 Å². The van der Waals surface area contributed by atoms with Gasteiger partial charge in [0.15, 0.2) is 6.10 Å². The summed E-state index contributed by atoms with van der Waals surface area (Å²) >= 11 is 0. The molecule has 0 aliphatic carbocycles. The molecular weight excluding hydrogens is 228 g/mol. The first kappa shape index (κ1) is 12.9. The van der Waals surface area contributed by atoms with Gasteiger partial charge in [0, 0.05) is 13.1 Å². The zero-order valence-electron chi connectivity index (χ0n) is 10.7. The van der Waals surface area contributed by atoms with Gasteiger partial charge in [0.05, 0.1) is 0 Å². The van der Waals surface area contributed by atoms with E-state index >= 15 is 0 Å². The summed E-state index contributed by atoms with van der Waals surface area (Å²) in [6.07, 6.45) is 2.43. The molecule has 3 N–H and O–H groups in total. The molecule has 1 saturated heterocycles. The average molecular weight is 248 g/mol. The first-order valence-electron chi connectivity index (χ1n) is 6.44. The molecule has 1 heterocycles. The first-order valence-corrected chi connectivity index (χ1v) is 6.44. The van der Waals surface area contributed by atoms with Crippen molar-refractivity contribution in [2.45, 2.75) is 38.8 Å². The zero-order chi connectivity index (χ0) is 13.0. The van der Waals surface area contributed by atoms with Crippen LogP contribution in [-0.2, 0) is 11.3 Å². The molecule has 18 heavy (non-hydrogen) atoms. The molecule has 4 heteroatoms. The monoisotopic (exact) mass is 248 g/mol. The molecule has 1 fully saturated rings. The molecule has 2 rings (SSSR count). The highest BCUT2D eigenvalue weighted by Crippen LogP contribution is 2.22. The number of ether oxygens (including phenoxy) is 1. The Morgan fingerprint density at radius 1 is 1.44 bits per heavy atom. The van der Waals surface area contributed by atoms with Gasteiger partial charge in [-0.25, -0.2) is 0 Å². The Bertz CT molecular complexity index is 432. The van der Waals surface area contributed by atoms with Crippen LogP contribution in [0.2, 0.25) is 0 Å². The van der Waals surface area contributed by atoms with E-state index in [2.05, 4.69) is 5.32 Å². The Labute approximate surface area is 108 Å². The van der Waals surface area contributed by atoms with Crippen LogP contribution in [0.4, 0.5) is 0 Å². The Balaban J connectivity index is 2.14. The maximum Gasteiger partial charge on any atom is 0.261 e. The van der Waals surface area contributed by atoms with E-state index in [1.54, 1.807) is 0 Å². The van der Waals surface area contributed by atoms with Crippen LogP contribution in [0.3, 0.4) is 0 Å². The van der Waals surface area contributed by atoms with Crippen LogP contribution in [-0.4, -0.2) is 18.6 Å². The highest BCUT2D eigenvalue weighted by atomic mass is 16.5. The van der Waals surface area contributed by atoms with Crippen molar-refractivity contribution in [3.63, 3.8) is 0 Å². The molecule has 1 aliphatic rings. The molecule has 1 atom stereocenters. The summed E-state index contributed by atoms with van der Waals surface area (Å²) in [5.41, 5.74) is 7.67. The lowest BCUT2D eigenvalue weighted by Gasteiger charge is -2.18. The molecule has 0 spiro atoms. The predicted octanol–water partition coefficient (Wildman–Crippen LogP) is 1.50. The van der Waals surface area contributed by atoms with Crippen LogP contribution < -0.4 is 15.8 Å². The van der Waals surface area contributed by atoms with Crippen molar-refractivity contribution >= 4 is 5.91 Å². The lowest BCUT2D eigenvalue weighted by molar-refractivity contribution is -0.127. The minimum atomic E-state index is -0.376. The fourth-order valence-corrected chi connectivity index (χ4v) is 2.08. The number of hydrogen-bond donors (Lipinski definition) is 2. The quantitative estimate of drug-likeness (QED) is 0.852. The van der Waals surface area contributed by atoms with Crippen molar-refractivity contribution in [2.24, 2.45) is 5.73 Å². The second-order valence-electron chi connectivity index (χ2n) is 4.70. The third-order valence-corrected chi connectivity index (χ3v) is 3.24. The van der Waals surface area contributed by atoms with Gasteiger partial charge in [-0.15, -0.1) is 0 Å². The maximum atomic E-state index is 11.8. The van der Waals surface area contributed by atoms with Gasteiger partial charge in [-0.1, -0.05) is 12.1 Å². The molecule has 1 aromatic carbocycles. The number of benzene rings is 1. The third kappa shape index (κ3) is 3.01. The van der Waals surface area contributed by atoms with Crippen LogP contribution in [0.1, 0.15) is 30.4 Å². The number of carbonyl (C=O) groups excluding carboxylic acids is 1. The third-order valence-electron chi connectivity index (χ3n) is 3.24. The molecule has 0 bridgehead atoms. The summed E-state index contributed by atoms with van der Waals surface area (Å²) in [5, 5.41) is 2.87. The normalized spacial score (nSPS) is 20.1. The van der Waals surface area contributed by atoms with Gasteiger partial charge < -0.3 is 15.8 Å². The van der Waals surface area contributed by atoms with Crippen LogP contribution in [0.15, 0.2) is 18.2 Å². The Morgan fingerprint density at radius 3 is 3.06 bits per heavy atom.